The molecule has 0 aliphatic rings. The number of hydrogen-bond acceptors (Lipinski definition) is 6. The molecule has 2 N–H and O–H groups in total. The van der Waals surface area contributed by atoms with Crippen LogP contribution in [0.25, 0.3) is 22.2 Å². The number of hydrogen-bond donors (Lipinski definition) is 2. The fraction of sp³-hybridized carbons (Fsp3) is 0.333. The number of aryl methyl sites for hydroxylation is 1. The maximum Gasteiger partial charge on any atom is 0.290 e. The Balaban J connectivity index is 0.00000107. The molecule has 166 valence electrons. The Labute approximate surface area is 182 Å². The van der Waals surface area contributed by atoms with Gasteiger partial charge in [0.2, 0.25) is 0 Å². The van der Waals surface area contributed by atoms with E-state index in [2.05, 4.69) is 13.0 Å². The van der Waals surface area contributed by atoms with E-state index in [1.165, 1.54) is 0 Å². The highest BCUT2D eigenvalue weighted by Gasteiger charge is 2.10. The number of fused-ring (bicyclic) bond motifs is 1. The average molecular weight is 427 g/mol. The molecule has 31 heavy (non-hydrogen) atoms. The van der Waals surface area contributed by atoms with Crippen LogP contribution in [0.2, 0.25) is 0 Å². The van der Waals surface area contributed by atoms with Gasteiger partial charge in [-0.2, -0.15) is 0 Å². The number of carboxylic acid groups (broad SMARTS) is 1. The minimum Gasteiger partial charge on any atom is -0.494 e. The molecule has 0 saturated carbocycles. The summed E-state index contributed by atoms with van der Waals surface area (Å²) in [4.78, 5) is 13.2. The summed E-state index contributed by atoms with van der Waals surface area (Å²) in [6, 6.07) is 13.8. The van der Waals surface area contributed by atoms with Crippen LogP contribution < -0.4 is 9.47 Å². The normalized spacial score (nSPS) is 10.3. The average Bonchev–Trinajstić information content (AvgIpc) is 2.77. The molecular weight excluding hydrogens is 398 g/mol. The number of aliphatic hydroxyl groups excluding tert-OH is 1. The minimum absolute atomic E-state index is 0.0758. The first-order chi connectivity index (χ1) is 15.1. The molecule has 3 rings (SSSR count). The van der Waals surface area contributed by atoms with Gasteiger partial charge in [0.05, 0.1) is 31.0 Å². The number of carbonyl (C=O) groups is 1. The van der Waals surface area contributed by atoms with Crippen LogP contribution >= 0.6 is 0 Å². The first-order valence-corrected chi connectivity index (χ1v) is 10.1. The highest BCUT2D eigenvalue weighted by atomic mass is 16.5. The standard InChI is InChI=1S/C23H27NO4.CH2O2/c1-4-26-10-11-28-19-7-8-20-16(3)12-21(24-22(20)14-19)17-6-9-23(27-5-2)18(13-17)15-25;2-1-3/h6-9,12-14,25H,4-5,10-11,15H2,1-3H3;1H,(H,2,3). The second-order valence-corrected chi connectivity index (χ2v) is 6.57. The van der Waals surface area contributed by atoms with Gasteiger partial charge in [0.15, 0.2) is 0 Å². The highest BCUT2D eigenvalue weighted by molar-refractivity contribution is 5.86. The Hall–Kier alpha value is -3.16. The molecule has 0 atom stereocenters. The summed E-state index contributed by atoms with van der Waals surface area (Å²) < 4.78 is 16.7. The molecule has 1 heterocycles. The number of benzene rings is 2. The largest absolute Gasteiger partial charge is 0.494 e. The lowest BCUT2D eigenvalue weighted by molar-refractivity contribution is -0.122. The number of rotatable bonds is 9. The van der Waals surface area contributed by atoms with E-state index in [-0.39, 0.29) is 13.1 Å². The fourth-order valence-electron chi connectivity index (χ4n) is 3.14. The maximum absolute atomic E-state index is 9.67. The first-order valence-electron chi connectivity index (χ1n) is 10.1. The van der Waals surface area contributed by atoms with Crippen molar-refractivity contribution in [2.75, 3.05) is 26.4 Å². The molecule has 7 nitrogen and oxygen atoms in total. The summed E-state index contributed by atoms with van der Waals surface area (Å²) in [5.74, 6) is 1.48. The van der Waals surface area contributed by atoms with E-state index in [9.17, 15) is 5.11 Å². The minimum atomic E-state index is -0.250. The van der Waals surface area contributed by atoms with Gasteiger partial charge in [-0.15, -0.1) is 0 Å². The zero-order valence-electron chi connectivity index (χ0n) is 18.1. The number of pyridine rings is 1. The zero-order valence-corrected chi connectivity index (χ0v) is 18.1. The topological polar surface area (TPSA) is 98.1 Å². The van der Waals surface area contributed by atoms with Gasteiger partial charge in [-0.05, 0) is 62.7 Å². The third-order valence-corrected chi connectivity index (χ3v) is 4.52. The molecule has 0 aliphatic carbocycles. The first kappa shape index (κ1) is 24.1. The van der Waals surface area contributed by atoms with Crippen molar-refractivity contribution in [3.63, 3.8) is 0 Å². The third-order valence-electron chi connectivity index (χ3n) is 4.52. The molecule has 0 saturated heterocycles. The Morgan fingerprint density at radius 3 is 2.45 bits per heavy atom. The van der Waals surface area contributed by atoms with Crippen molar-refractivity contribution < 1.29 is 29.2 Å². The smallest absolute Gasteiger partial charge is 0.290 e. The molecule has 0 radical (unpaired) electrons. The Kier molecular flexibility index (Phi) is 9.74. The van der Waals surface area contributed by atoms with Crippen LogP contribution in [0.1, 0.15) is 25.0 Å². The summed E-state index contributed by atoms with van der Waals surface area (Å²) >= 11 is 0. The van der Waals surface area contributed by atoms with Gasteiger partial charge in [-0.1, -0.05) is 0 Å². The van der Waals surface area contributed by atoms with Gasteiger partial charge in [0.25, 0.3) is 6.47 Å². The lowest BCUT2D eigenvalue weighted by Gasteiger charge is -2.12. The molecule has 1 aromatic heterocycles. The molecule has 7 heteroatoms. The van der Waals surface area contributed by atoms with E-state index < -0.39 is 0 Å². The number of aromatic nitrogens is 1. The quantitative estimate of drug-likeness (QED) is 0.390. The van der Waals surface area contributed by atoms with Gasteiger partial charge in [0, 0.05) is 29.2 Å². The number of aliphatic hydroxyl groups is 1. The SMILES string of the molecule is CCOCCOc1ccc2c(C)cc(-c3ccc(OCC)c(CO)c3)nc2c1.O=CO. The highest BCUT2D eigenvalue weighted by Crippen LogP contribution is 2.30. The van der Waals surface area contributed by atoms with Gasteiger partial charge in [-0.25, -0.2) is 4.98 Å². The summed E-state index contributed by atoms with van der Waals surface area (Å²) in [5, 5.41) is 17.7. The van der Waals surface area contributed by atoms with Gasteiger partial charge in [-0.3, -0.25) is 4.79 Å². The van der Waals surface area contributed by atoms with Gasteiger partial charge < -0.3 is 24.4 Å². The summed E-state index contributed by atoms with van der Waals surface area (Å²) in [6.45, 7) is 7.96. The lowest BCUT2D eigenvalue weighted by Crippen LogP contribution is -2.06. The second-order valence-electron chi connectivity index (χ2n) is 6.57. The van der Waals surface area contributed by atoms with Crippen LogP contribution in [-0.2, 0) is 16.1 Å². The predicted molar refractivity (Wildman–Crippen MR) is 120 cm³/mol. The second kappa shape index (κ2) is 12.5. The van der Waals surface area contributed by atoms with Crippen LogP contribution in [0.4, 0.5) is 0 Å². The van der Waals surface area contributed by atoms with Crippen molar-refractivity contribution in [1.82, 2.24) is 4.98 Å². The van der Waals surface area contributed by atoms with Crippen molar-refractivity contribution in [2.24, 2.45) is 0 Å². The van der Waals surface area contributed by atoms with Crippen LogP contribution in [0.3, 0.4) is 0 Å². The molecule has 2 aromatic carbocycles. The van der Waals surface area contributed by atoms with E-state index in [4.69, 9.17) is 29.1 Å². The van der Waals surface area contributed by atoms with Crippen LogP contribution in [-0.4, -0.2) is 48.1 Å². The van der Waals surface area contributed by atoms with E-state index in [0.29, 0.717) is 32.2 Å². The Morgan fingerprint density at radius 2 is 1.77 bits per heavy atom. The van der Waals surface area contributed by atoms with Crippen molar-refractivity contribution in [2.45, 2.75) is 27.4 Å². The van der Waals surface area contributed by atoms with Gasteiger partial charge >= 0.3 is 0 Å². The maximum atomic E-state index is 9.67. The molecule has 0 fully saturated rings. The monoisotopic (exact) mass is 427 g/mol. The molecule has 3 aromatic rings. The molecule has 0 unspecified atom stereocenters. The third kappa shape index (κ3) is 6.67. The van der Waals surface area contributed by atoms with Crippen LogP contribution in [0, 0.1) is 6.92 Å². The van der Waals surface area contributed by atoms with Crippen LogP contribution in [0.15, 0.2) is 42.5 Å². The number of ether oxygens (including phenoxy) is 3. The lowest BCUT2D eigenvalue weighted by atomic mass is 10.0. The van der Waals surface area contributed by atoms with E-state index in [1.54, 1.807) is 0 Å². The summed E-state index contributed by atoms with van der Waals surface area (Å²) in [6.07, 6.45) is 0. The Bertz CT molecular complexity index is 989. The summed E-state index contributed by atoms with van der Waals surface area (Å²) in [5.41, 5.74) is 4.57. The molecule has 0 bridgehead atoms. The van der Waals surface area contributed by atoms with E-state index >= 15 is 0 Å². The fourth-order valence-corrected chi connectivity index (χ4v) is 3.14. The van der Waals surface area contributed by atoms with Crippen molar-refractivity contribution >= 4 is 17.4 Å². The number of nitrogens with zero attached hydrogens (tertiary/aromatic N) is 1. The van der Waals surface area contributed by atoms with Gasteiger partial charge in [0.1, 0.15) is 18.1 Å². The molecular formula is C24H29NO6. The predicted octanol–water partition coefficient (Wildman–Crippen LogP) is 4.22. The summed E-state index contributed by atoms with van der Waals surface area (Å²) in [7, 11) is 0. The van der Waals surface area contributed by atoms with E-state index in [1.807, 2.05) is 50.2 Å². The molecule has 0 spiro atoms. The molecule has 0 amide bonds. The Morgan fingerprint density at radius 1 is 1.00 bits per heavy atom. The van der Waals surface area contributed by atoms with Crippen LogP contribution in [0.5, 0.6) is 11.5 Å². The molecule has 0 aliphatic heterocycles. The zero-order chi connectivity index (χ0) is 22.6. The van der Waals surface area contributed by atoms with Crippen molar-refractivity contribution in [3.8, 4) is 22.8 Å². The van der Waals surface area contributed by atoms with Crippen molar-refractivity contribution in [1.29, 1.82) is 0 Å². The van der Waals surface area contributed by atoms with Crippen molar-refractivity contribution in [3.05, 3.63) is 53.6 Å². The van der Waals surface area contributed by atoms with E-state index in [0.717, 1.165) is 39.0 Å².